The van der Waals surface area contributed by atoms with E-state index in [1.807, 2.05) is 6.07 Å². The van der Waals surface area contributed by atoms with E-state index >= 15 is 0 Å². The molecule has 0 bridgehead atoms. The summed E-state index contributed by atoms with van der Waals surface area (Å²) in [5, 5.41) is 13.5. The van der Waals surface area contributed by atoms with Gasteiger partial charge in [0.15, 0.2) is 0 Å². The van der Waals surface area contributed by atoms with E-state index in [2.05, 4.69) is 25.3 Å². The van der Waals surface area contributed by atoms with Crippen molar-refractivity contribution < 1.29 is 4.39 Å². The summed E-state index contributed by atoms with van der Waals surface area (Å²) in [7, 11) is 0. The lowest BCUT2D eigenvalue weighted by Crippen LogP contribution is -2.16. The highest BCUT2D eigenvalue weighted by Gasteiger charge is 2.19. The Bertz CT molecular complexity index is 1250. The van der Waals surface area contributed by atoms with Crippen molar-refractivity contribution in [1.82, 2.24) is 19.9 Å². The number of pyridine rings is 2. The van der Waals surface area contributed by atoms with Gasteiger partial charge in [0.1, 0.15) is 29.7 Å². The van der Waals surface area contributed by atoms with Gasteiger partial charge in [-0.2, -0.15) is 5.26 Å². The van der Waals surface area contributed by atoms with Crippen molar-refractivity contribution in [2.75, 3.05) is 5.32 Å². The van der Waals surface area contributed by atoms with Crippen LogP contribution in [0.15, 0.2) is 52.6 Å². The topological polar surface area (TPSA) is 107 Å². The largest absolute Gasteiger partial charge is 0.337 e. The monoisotopic (exact) mass is 394 g/mol. The molecule has 3 aromatic heterocycles. The number of nitriles is 1. The maximum absolute atomic E-state index is 14.3. The highest BCUT2D eigenvalue weighted by molar-refractivity contribution is 6.30. The van der Waals surface area contributed by atoms with Gasteiger partial charge in [0.2, 0.25) is 0 Å². The molecule has 9 heteroatoms. The first-order valence-corrected chi connectivity index (χ1v) is 8.69. The fraction of sp³-hybridized carbons (Fsp3) is 0.105. The first-order valence-electron chi connectivity index (χ1n) is 8.31. The van der Waals surface area contributed by atoms with Gasteiger partial charge in [-0.3, -0.25) is 9.78 Å². The molecule has 3 aromatic rings. The average molecular weight is 395 g/mol. The summed E-state index contributed by atoms with van der Waals surface area (Å²) in [5.41, 5.74) is 0.538. The molecule has 7 nitrogen and oxygen atoms in total. The third-order valence-electron chi connectivity index (χ3n) is 4.31. The Balaban J connectivity index is 1.86. The molecule has 0 radical (unpaired) electrons. The molecule has 4 rings (SSSR count). The highest BCUT2D eigenvalue weighted by Crippen LogP contribution is 2.33. The third kappa shape index (κ3) is 3.23. The van der Waals surface area contributed by atoms with Gasteiger partial charge >= 0.3 is 0 Å². The number of nitrogens with zero attached hydrogens (tertiary/aromatic N) is 4. The van der Waals surface area contributed by atoms with Crippen LogP contribution >= 0.6 is 11.6 Å². The second kappa shape index (κ2) is 7.21. The molecule has 0 unspecified atom stereocenters. The number of halogens is 2. The Labute approximate surface area is 163 Å². The maximum Gasteiger partial charge on any atom is 0.257 e. The van der Waals surface area contributed by atoms with E-state index < -0.39 is 11.4 Å². The van der Waals surface area contributed by atoms with Crippen LogP contribution in [0.5, 0.6) is 0 Å². The minimum Gasteiger partial charge on any atom is -0.337 e. The molecule has 3 heterocycles. The van der Waals surface area contributed by atoms with E-state index in [-0.39, 0.29) is 28.9 Å². The van der Waals surface area contributed by atoms with Crippen molar-refractivity contribution in [2.24, 2.45) is 0 Å². The molecular formula is C19H12ClFN6O. The predicted molar refractivity (Wildman–Crippen MR) is 104 cm³/mol. The predicted octanol–water partition coefficient (Wildman–Crippen LogP) is 3.93. The SMILES string of the molecule is N#Cc1[nH]c(=O)c(C2=C(F)CCC(Cl)=C2)cc1Nc1ncnc2ccncc12. The van der Waals surface area contributed by atoms with Crippen molar-refractivity contribution >= 4 is 39.6 Å². The number of aromatic nitrogens is 4. The van der Waals surface area contributed by atoms with Crippen LogP contribution in [0.3, 0.4) is 0 Å². The van der Waals surface area contributed by atoms with Crippen LogP contribution in [0.1, 0.15) is 24.1 Å². The van der Waals surface area contributed by atoms with Crippen LogP contribution in [0.25, 0.3) is 16.5 Å². The zero-order valence-electron chi connectivity index (χ0n) is 14.3. The minimum atomic E-state index is -0.580. The van der Waals surface area contributed by atoms with Crippen LogP contribution in [0.4, 0.5) is 15.9 Å². The number of anilines is 2. The molecule has 1 aliphatic rings. The Morgan fingerprint density at radius 2 is 2.18 bits per heavy atom. The molecule has 0 saturated heterocycles. The van der Waals surface area contributed by atoms with Gasteiger partial charge in [-0.15, -0.1) is 0 Å². The van der Waals surface area contributed by atoms with Gasteiger partial charge in [0.05, 0.1) is 22.2 Å². The Morgan fingerprint density at radius 1 is 1.32 bits per heavy atom. The van der Waals surface area contributed by atoms with E-state index in [1.54, 1.807) is 18.5 Å². The number of rotatable bonds is 3. The number of H-pyrrole nitrogens is 1. The first kappa shape index (κ1) is 17.8. The Morgan fingerprint density at radius 3 is 3.00 bits per heavy atom. The number of fused-ring (bicyclic) bond motifs is 1. The number of nitrogens with one attached hydrogen (secondary N) is 2. The minimum absolute atomic E-state index is 0.00343. The van der Waals surface area contributed by atoms with Gasteiger partial charge in [0.25, 0.3) is 5.56 Å². The zero-order valence-corrected chi connectivity index (χ0v) is 15.1. The molecule has 0 spiro atoms. The standard InChI is InChI=1S/C19H12ClFN6O/c20-10-1-2-14(21)11(5-10)12-6-16(17(7-22)27-19(12)28)26-18-13-8-23-4-3-15(13)24-9-25-18/h3-6,8-9H,1-2H2,(H,27,28)(H,24,25,26). The van der Waals surface area contributed by atoms with Crippen molar-refractivity contribution in [2.45, 2.75) is 12.8 Å². The Hall–Kier alpha value is -3.57. The van der Waals surface area contributed by atoms with Crippen LogP contribution in [-0.2, 0) is 0 Å². The lowest BCUT2D eigenvalue weighted by molar-refractivity contribution is 0.590. The van der Waals surface area contributed by atoms with Crippen molar-refractivity contribution in [1.29, 1.82) is 5.26 Å². The molecule has 0 fully saturated rings. The van der Waals surface area contributed by atoms with E-state index in [0.717, 1.165) is 0 Å². The van der Waals surface area contributed by atoms with Gasteiger partial charge in [0, 0.05) is 29.4 Å². The summed E-state index contributed by atoms with van der Waals surface area (Å²) in [5.74, 6) is -0.0264. The summed E-state index contributed by atoms with van der Waals surface area (Å²) in [6.45, 7) is 0. The lowest BCUT2D eigenvalue weighted by Gasteiger charge is -2.14. The van der Waals surface area contributed by atoms with Crippen LogP contribution < -0.4 is 10.9 Å². The number of hydrogen-bond acceptors (Lipinski definition) is 6. The molecule has 1 aliphatic carbocycles. The molecule has 0 amide bonds. The van der Waals surface area contributed by atoms with Crippen LogP contribution in [0.2, 0.25) is 0 Å². The van der Waals surface area contributed by atoms with Gasteiger partial charge < -0.3 is 10.3 Å². The zero-order chi connectivity index (χ0) is 19.7. The van der Waals surface area contributed by atoms with E-state index in [9.17, 15) is 14.4 Å². The highest BCUT2D eigenvalue weighted by atomic mass is 35.5. The van der Waals surface area contributed by atoms with Crippen molar-refractivity contribution in [3.63, 3.8) is 0 Å². The van der Waals surface area contributed by atoms with Crippen LogP contribution in [0, 0.1) is 11.3 Å². The molecule has 28 heavy (non-hydrogen) atoms. The van der Waals surface area contributed by atoms with Crippen molar-refractivity contribution in [3.05, 3.63) is 69.4 Å². The molecule has 2 N–H and O–H groups in total. The summed E-state index contributed by atoms with van der Waals surface area (Å²) in [6.07, 6.45) is 6.50. The molecule has 0 aromatic carbocycles. The number of hydrogen-bond donors (Lipinski definition) is 2. The summed E-state index contributed by atoms with van der Waals surface area (Å²) in [6, 6.07) is 5.07. The fourth-order valence-electron chi connectivity index (χ4n) is 2.94. The number of allylic oxidation sites excluding steroid dienone is 4. The smallest absolute Gasteiger partial charge is 0.257 e. The van der Waals surface area contributed by atoms with Gasteiger partial charge in [-0.1, -0.05) is 11.6 Å². The summed E-state index contributed by atoms with van der Waals surface area (Å²) in [4.78, 5) is 27.3. The van der Waals surface area contributed by atoms with Gasteiger partial charge in [-0.25, -0.2) is 14.4 Å². The maximum atomic E-state index is 14.3. The summed E-state index contributed by atoms with van der Waals surface area (Å²) < 4.78 is 14.3. The van der Waals surface area contributed by atoms with E-state index in [0.29, 0.717) is 28.2 Å². The second-order valence-electron chi connectivity index (χ2n) is 6.06. The summed E-state index contributed by atoms with van der Waals surface area (Å²) >= 11 is 6.03. The molecule has 0 atom stereocenters. The molecular weight excluding hydrogens is 383 g/mol. The fourth-order valence-corrected chi connectivity index (χ4v) is 3.14. The first-order chi connectivity index (χ1) is 13.6. The lowest BCUT2D eigenvalue weighted by atomic mass is 9.98. The van der Waals surface area contributed by atoms with Crippen molar-refractivity contribution in [3.8, 4) is 6.07 Å². The average Bonchev–Trinajstić information content (AvgIpc) is 2.71. The molecule has 0 saturated carbocycles. The van der Waals surface area contributed by atoms with Gasteiger partial charge in [-0.05, 0) is 24.6 Å². The second-order valence-corrected chi connectivity index (χ2v) is 6.55. The third-order valence-corrected chi connectivity index (χ3v) is 4.61. The van der Waals surface area contributed by atoms with E-state index in [1.165, 1.54) is 18.5 Å². The Kier molecular flexibility index (Phi) is 4.59. The number of aromatic amines is 1. The molecule has 138 valence electrons. The quantitative estimate of drug-likeness (QED) is 0.697. The molecule has 0 aliphatic heterocycles. The van der Waals surface area contributed by atoms with Crippen LogP contribution in [-0.4, -0.2) is 19.9 Å². The normalized spacial score (nSPS) is 14.0. The van der Waals surface area contributed by atoms with E-state index in [4.69, 9.17) is 11.6 Å².